The van der Waals surface area contributed by atoms with E-state index in [1.54, 1.807) is 0 Å². The largest absolute Gasteiger partial charge is 0.481 e. The van der Waals surface area contributed by atoms with Crippen molar-refractivity contribution in [1.29, 1.82) is 0 Å². The van der Waals surface area contributed by atoms with Gasteiger partial charge in [0.2, 0.25) is 0 Å². The maximum atomic E-state index is 10.3. The van der Waals surface area contributed by atoms with E-state index in [9.17, 15) is 9.90 Å². The van der Waals surface area contributed by atoms with Crippen molar-refractivity contribution >= 4 is 5.97 Å². The number of carbonyl (C=O) groups is 1. The number of carboxylic acid groups (broad SMARTS) is 1. The van der Waals surface area contributed by atoms with Crippen LogP contribution in [0.1, 0.15) is 90.4 Å². The fourth-order valence-electron chi connectivity index (χ4n) is 2.34. The van der Waals surface area contributed by atoms with E-state index in [0.29, 0.717) is 6.42 Å². The third-order valence-corrected chi connectivity index (χ3v) is 3.79. The van der Waals surface area contributed by atoms with E-state index in [1.165, 1.54) is 51.4 Å². The van der Waals surface area contributed by atoms with Crippen LogP contribution in [0.2, 0.25) is 0 Å². The van der Waals surface area contributed by atoms with E-state index in [2.05, 4.69) is 6.08 Å². The first kappa shape index (κ1) is 20.2. The molecule has 0 saturated heterocycles. The van der Waals surface area contributed by atoms with Crippen LogP contribution in [0.4, 0.5) is 0 Å². The second kappa shape index (κ2) is 15.6. The van der Waals surface area contributed by atoms with Crippen LogP contribution in [0.25, 0.3) is 0 Å². The predicted molar refractivity (Wildman–Crippen MR) is 88.5 cm³/mol. The molecule has 3 heteroatoms. The van der Waals surface area contributed by atoms with Crippen LogP contribution >= 0.6 is 0 Å². The molecular weight excluding hydrogens is 264 g/mol. The number of rotatable bonds is 15. The molecule has 0 aromatic heterocycles. The van der Waals surface area contributed by atoms with Gasteiger partial charge < -0.3 is 10.2 Å². The molecule has 0 rings (SSSR count). The van der Waals surface area contributed by atoms with Crippen molar-refractivity contribution in [1.82, 2.24) is 0 Å². The van der Waals surface area contributed by atoms with Gasteiger partial charge >= 0.3 is 5.97 Å². The lowest BCUT2D eigenvalue weighted by Crippen LogP contribution is -1.97. The Hall–Kier alpha value is -0.830. The van der Waals surface area contributed by atoms with Gasteiger partial charge in [-0.25, -0.2) is 0 Å². The van der Waals surface area contributed by atoms with Crippen molar-refractivity contribution in [3.63, 3.8) is 0 Å². The quantitative estimate of drug-likeness (QED) is 0.327. The molecule has 124 valence electrons. The summed E-state index contributed by atoms with van der Waals surface area (Å²) in [5, 5.41) is 17.9. The standard InChI is InChI=1S/C18H34O3/c1-2-17(19)15-13-11-9-7-5-3-4-6-8-10-12-14-16-18(20)21/h13,15,17,19H,2-12,14,16H2,1H3,(H,20,21)/b15-13-. The van der Waals surface area contributed by atoms with E-state index in [-0.39, 0.29) is 6.10 Å². The maximum absolute atomic E-state index is 10.3. The number of unbranched alkanes of at least 4 members (excludes halogenated alkanes) is 10. The second-order valence-corrected chi connectivity index (χ2v) is 5.87. The van der Waals surface area contributed by atoms with Crippen molar-refractivity contribution in [2.45, 2.75) is 96.5 Å². The summed E-state index contributed by atoms with van der Waals surface area (Å²) in [5.41, 5.74) is 0. The summed E-state index contributed by atoms with van der Waals surface area (Å²) in [7, 11) is 0. The molecule has 0 aromatic rings. The first-order valence-corrected chi connectivity index (χ1v) is 8.73. The zero-order valence-corrected chi connectivity index (χ0v) is 13.7. The number of aliphatic carboxylic acids is 1. The minimum absolute atomic E-state index is 0.263. The van der Waals surface area contributed by atoms with Gasteiger partial charge in [0.25, 0.3) is 0 Å². The van der Waals surface area contributed by atoms with Crippen LogP contribution in [-0.4, -0.2) is 22.3 Å². The maximum Gasteiger partial charge on any atom is 0.303 e. The molecule has 0 aliphatic heterocycles. The average Bonchev–Trinajstić information content (AvgIpc) is 2.46. The van der Waals surface area contributed by atoms with Crippen molar-refractivity contribution in [3.8, 4) is 0 Å². The molecule has 0 heterocycles. The van der Waals surface area contributed by atoms with Gasteiger partial charge in [-0.3, -0.25) is 4.79 Å². The molecule has 0 aliphatic carbocycles. The molecule has 0 radical (unpaired) electrons. The van der Waals surface area contributed by atoms with Gasteiger partial charge in [-0.15, -0.1) is 0 Å². The van der Waals surface area contributed by atoms with Crippen molar-refractivity contribution in [2.75, 3.05) is 0 Å². The molecule has 0 spiro atoms. The van der Waals surface area contributed by atoms with Gasteiger partial charge in [0.15, 0.2) is 0 Å². The van der Waals surface area contributed by atoms with Gasteiger partial charge in [-0.05, 0) is 25.7 Å². The fourth-order valence-corrected chi connectivity index (χ4v) is 2.34. The van der Waals surface area contributed by atoms with Gasteiger partial charge in [-0.2, -0.15) is 0 Å². The summed E-state index contributed by atoms with van der Waals surface area (Å²) in [6.45, 7) is 1.99. The Kier molecular flexibility index (Phi) is 14.9. The highest BCUT2D eigenvalue weighted by Crippen LogP contribution is 2.12. The van der Waals surface area contributed by atoms with E-state index in [0.717, 1.165) is 25.7 Å². The number of hydrogen-bond donors (Lipinski definition) is 2. The Bertz CT molecular complexity index is 261. The first-order chi connectivity index (χ1) is 10.2. The van der Waals surface area contributed by atoms with E-state index in [1.807, 2.05) is 13.0 Å². The van der Waals surface area contributed by atoms with Crippen LogP contribution in [0, 0.1) is 0 Å². The normalized spacial score (nSPS) is 12.9. The van der Waals surface area contributed by atoms with E-state index < -0.39 is 5.97 Å². The lowest BCUT2D eigenvalue weighted by molar-refractivity contribution is -0.137. The zero-order chi connectivity index (χ0) is 15.8. The van der Waals surface area contributed by atoms with Crippen LogP contribution in [0.15, 0.2) is 12.2 Å². The monoisotopic (exact) mass is 298 g/mol. The third-order valence-electron chi connectivity index (χ3n) is 3.79. The Morgan fingerprint density at radius 3 is 1.86 bits per heavy atom. The smallest absolute Gasteiger partial charge is 0.303 e. The summed E-state index contributed by atoms with van der Waals surface area (Å²) in [5.74, 6) is -0.672. The molecule has 0 fully saturated rings. The van der Waals surface area contributed by atoms with E-state index >= 15 is 0 Å². The molecular formula is C18H34O3. The molecule has 0 amide bonds. The molecule has 1 unspecified atom stereocenters. The molecule has 0 aromatic carbocycles. The molecule has 0 bridgehead atoms. The van der Waals surface area contributed by atoms with E-state index in [4.69, 9.17) is 5.11 Å². The summed E-state index contributed by atoms with van der Waals surface area (Å²) in [4.78, 5) is 10.3. The molecule has 1 atom stereocenters. The molecule has 0 aliphatic rings. The number of carboxylic acids is 1. The third kappa shape index (κ3) is 17.1. The highest BCUT2D eigenvalue weighted by molar-refractivity contribution is 5.66. The van der Waals surface area contributed by atoms with Gasteiger partial charge in [0.1, 0.15) is 0 Å². The van der Waals surface area contributed by atoms with Crippen molar-refractivity contribution < 1.29 is 15.0 Å². The fraction of sp³-hybridized carbons (Fsp3) is 0.833. The second-order valence-electron chi connectivity index (χ2n) is 5.87. The van der Waals surface area contributed by atoms with Gasteiger partial charge in [-0.1, -0.05) is 70.4 Å². The van der Waals surface area contributed by atoms with Gasteiger partial charge in [0.05, 0.1) is 6.10 Å². The summed E-state index contributed by atoms with van der Waals surface area (Å²) < 4.78 is 0. The minimum atomic E-state index is -0.672. The lowest BCUT2D eigenvalue weighted by atomic mass is 10.0. The van der Waals surface area contributed by atoms with Crippen LogP contribution in [0.5, 0.6) is 0 Å². The van der Waals surface area contributed by atoms with Crippen molar-refractivity contribution in [3.05, 3.63) is 12.2 Å². The summed E-state index contributed by atoms with van der Waals surface area (Å²) in [6, 6.07) is 0. The Morgan fingerprint density at radius 1 is 0.905 bits per heavy atom. The number of aliphatic hydroxyl groups excluding tert-OH is 1. The average molecular weight is 298 g/mol. The summed E-state index contributed by atoms with van der Waals surface area (Å²) >= 11 is 0. The van der Waals surface area contributed by atoms with Gasteiger partial charge in [0, 0.05) is 6.42 Å². The minimum Gasteiger partial charge on any atom is -0.481 e. The SMILES string of the molecule is CCC(O)/C=C\CCCCCCCCCCCCC(=O)O. The van der Waals surface area contributed by atoms with Crippen molar-refractivity contribution in [2.24, 2.45) is 0 Å². The Labute approximate surface area is 130 Å². The lowest BCUT2D eigenvalue weighted by Gasteiger charge is -2.02. The van der Waals surface area contributed by atoms with Crippen LogP contribution in [0.3, 0.4) is 0 Å². The first-order valence-electron chi connectivity index (χ1n) is 8.73. The zero-order valence-electron chi connectivity index (χ0n) is 13.7. The Balaban J connectivity index is 3.09. The topological polar surface area (TPSA) is 57.5 Å². The molecule has 2 N–H and O–H groups in total. The molecule has 3 nitrogen and oxygen atoms in total. The highest BCUT2D eigenvalue weighted by atomic mass is 16.4. The highest BCUT2D eigenvalue weighted by Gasteiger charge is 1.97. The number of allylic oxidation sites excluding steroid dienone is 1. The Morgan fingerprint density at radius 2 is 1.38 bits per heavy atom. The predicted octanol–water partition coefficient (Wildman–Crippen LogP) is 5.08. The van der Waals surface area contributed by atoms with Crippen LogP contribution < -0.4 is 0 Å². The number of hydrogen-bond acceptors (Lipinski definition) is 2. The summed E-state index contributed by atoms with van der Waals surface area (Å²) in [6.07, 6.45) is 18.0. The number of aliphatic hydroxyl groups is 1. The molecule has 0 saturated carbocycles. The molecule has 21 heavy (non-hydrogen) atoms. The van der Waals surface area contributed by atoms with Crippen LogP contribution in [-0.2, 0) is 4.79 Å².